The first kappa shape index (κ1) is 13.5. The van der Waals surface area contributed by atoms with Gasteiger partial charge in [0.25, 0.3) is 5.91 Å². The Hall–Kier alpha value is -0.550. The highest BCUT2D eigenvalue weighted by molar-refractivity contribution is 9.09. The Morgan fingerprint density at radius 3 is 2.94 bits per heavy atom. The van der Waals surface area contributed by atoms with Crippen LogP contribution in [0.1, 0.15) is 23.0 Å². The van der Waals surface area contributed by atoms with Gasteiger partial charge in [-0.15, -0.1) is 11.3 Å². The average molecular weight is 306 g/mol. The van der Waals surface area contributed by atoms with E-state index in [-0.39, 0.29) is 5.91 Å². The summed E-state index contributed by atoms with van der Waals surface area (Å²) in [7, 11) is 3.40. The topological polar surface area (TPSA) is 29.5 Å². The number of thiophene rings is 1. The van der Waals surface area contributed by atoms with Gasteiger partial charge in [0.2, 0.25) is 0 Å². The van der Waals surface area contributed by atoms with Crippen molar-refractivity contribution in [1.82, 2.24) is 4.90 Å². The number of methoxy groups -OCH3 is 1. The monoisotopic (exact) mass is 305 g/mol. The van der Waals surface area contributed by atoms with E-state index in [1.54, 1.807) is 12.0 Å². The van der Waals surface area contributed by atoms with Crippen LogP contribution in [0.2, 0.25) is 0 Å². The Bertz CT molecular complexity index is 352. The molecule has 0 bridgehead atoms. The van der Waals surface area contributed by atoms with Gasteiger partial charge in [0, 0.05) is 18.4 Å². The van der Waals surface area contributed by atoms with Crippen molar-refractivity contribution in [3.63, 3.8) is 0 Å². The van der Waals surface area contributed by atoms with Crippen molar-refractivity contribution < 1.29 is 9.53 Å². The van der Waals surface area contributed by atoms with E-state index in [2.05, 4.69) is 22.9 Å². The summed E-state index contributed by atoms with van der Waals surface area (Å²) in [6.07, 6.45) is 0.940. The van der Waals surface area contributed by atoms with Gasteiger partial charge < -0.3 is 9.64 Å². The molecule has 0 N–H and O–H groups in total. The average Bonchev–Trinajstić information content (AvgIpc) is 2.72. The van der Waals surface area contributed by atoms with Crippen LogP contribution in [0.15, 0.2) is 11.4 Å². The van der Waals surface area contributed by atoms with Gasteiger partial charge in [-0.25, -0.2) is 0 Å². The molecule has 0 saturated carbocycles. The Balaban J connectivity index is 2.63. The molecule has 1 unspecified atom stereocenters. The van der Waals surface area contributed by atoms with Gasteiger partial charge in [-0.05, 0) is 17.9 Å². The second-order valence-electron chi connectivity index (χ2n) is 3.61. The highest BCUT2D eigenvalue weighted by Crippen LogP contribution is 2.25. The second-order valence-corrected chi connectivity index (χ2v) is 6.09. The quantitative estimate of drug-likeness (QED) is 0.783. The maximum atomic E-state index is 12.0. The summed E-state index contributed by atoms with van der Waals surface area (Å²) < 4.78 is 5.14. The van der Waals surface area contributed by atoms with Gasteiger partial charge in [0.05, 0.1) is 7.11 Å². The van der Waals surface area contributed by atoms with Crippen LogP contribution in [-0.4, -0.2) is 36.3 Å². The predicted octanol–water partition coefficient (Wildman–Crippen LogP) is 3.00. The number of carbonyl (C=O) groups is 1. The molecular formula is C11H16BrNO2S. The summed E-state index contributed by atoms with van der Waals surface area (Å²) in [4.78, 5) is 14.9. The summed E-state index contributed by atoms with van der Waals surface area (Å²) in [5.74, 6) is 0.689. The first-order valence-electron chi connectivity index (χ1n) is 5.07. The fraction of sp³-hybridized carbons (Fsp3) is 0.545. The van der Waals surface area contributed by atoms with Crippen LogP contribution in [0, 0.1) is 0 Å². The fourth-order valence-electron chi connectivity index (χ4n) is 1.26. The van der Waals surface area contributed by atoms with Gasteiger partial charge in [0.15, 0.2) is 0 Å². The lowest BCUT2D eigenvalue weighted by atomic mass is 10.3. The molecule has 0 saturated heterocycles. The molecule has 0 aliphatic heterocycles. The van der Waals surface area contributed by atoms with E-state index in [1.807, 2.05) is 18.5 Å². The van der Waals surface area contributed by atoms with E-state index in [0.29, 0.717) is 15.5 Å². The van der Waals surface area contributed by atoms with E-state index >= 15 is 0 Å². The van der Waals surface area contributed by atoms with Crippen molar-refractivity contribution in [3.05, 3.63) is 16.3 Å². The van der Waals surface area contributed by atoms with Gasteiger partial charge in [-0.1, -0.05) is 22.9 Å². The zero-order chi connectivity index (χ0) is 12.1. The molecule has 3 nitrogen and oxygen atoms in total. The number of carbonyl (C=O) groups excluding carboxylic acids is 1. The van der Waals surface area contributed by atoms with Gasteiger partial charge >= 0.3 is 0 Å². The highest BCUT2D eigenvalue weighted by Gasteiger charge is 2.17. The zero-order valence-electron chi connectivity index (χ0n) is 9.70. The molecule has 0 radical (unpaired) electrons. The molecule has 0 aromatic carbocycles. The number of halogens is 1. The predicted molar refractivity (Wildman–Crippen MR) is 70.8 cm³/mol. The summed E-state index contributed by atoms with van der Waals surface area (Å²) in [6.45, 7) is 2.82. The molecule has 1 heterocycles. The molecule has 5 heteroatoms. The molecule has 0 aliphatic carbocycles. The highest BCUT2D eigenvalue weighted by atomic mass is 79.9. The van der Waals surface area contributed by atoms with Crippen LogP contribution < -0.4 is 4.74 Å². The molecule has 1 aromatic rings. The number of alkyl halides is 1. The fourth-order valence-corrected chi connectivity index (χ4v) is 2.32. The number of amides is 1. The van der Waals surface area contributed by atoms with Crippen LogP contribution >= 0.6 is 27.3 Å². The smallest absolute Gasteiger partial charge is 0.267 e. The summed E-state index contributed by atoms with van der Waals surface area (Å²) in [6, 6.07) is 1.82. The molecule has 0 spiro atoms. The van der Waals surface area contributed by atoms with Crippen molar-refractivity contribution in [1.29, 1.82) is 0 Å². The molecule has 90 valence electrons. The van der Waals surface area contributed by atoms with Crippen LogP contribution in [0.4, 0.5) is 0 Å². The third-order valence-corrected chi connectivity index (χ3v) is 3.59. The molecule has 1 aromatic heterocycles. The molecule has 0 aliphatic rings. The lowest BCUT2D eigenvalue weighted by molar-refractivity contribution is 0.0796. The first-order chi connectivity index (χ1) is 7.56. The maximum Gasteiger partial charge on any atom is 0.267 e. The number of rotatable bonds is 5. The van der Waals surface area contributed by atoms with Crippen LogP contribution in [0.5, 0.6) is 5.75 Å². The Labute approximate surface area is 109 Å². The number of nitrogens with zero attached hydrogens (tertiary/aromatic N) is 1. The van der Waals surface area contributed by atoms with Crippen molar-refractivity contribution in [3.8, 4) is 5.75 Å². The largest absolute Gasteiger partial charge is 0.495 e. The van der Waals surface area contributed by atoms with Crippen molar-refractivity contribution in [2.45, 2.75) is 18.2 Å². The van der Waals surface area contributed by atoms with E-state index in [4.69, 9.17) is 4.74 Å². The van der Waals surface area contributed by atoms with Crippen molar-refractivity contribution in [2.24, 2.45) is 0 Å². The molecule has 1 rings (SSSR count). The van der Waals surface area contributed by atoms with Crippen LogP contribution in [0.3, 0.4) is 0 Å². The van der Waals surface area contributed by atoms with Crippen molar-refractivity contribution >= 4 is 33.2 Å². The summed E-state index contributed by atoms with van der Waals surface area (Å²) >= 11 is 4.89. The van der Waals surface area contributed by atoms with Gasteiger partial charge in [-0.2, -0.15) is 0 Å². The molecule has 1 amide bonds. The lowest BCUT2D eigenvalue weighted by Crippen LogP contribution is -2.28. The summed E-state index contributed by atoms with van der Waals surface area (Å²) in [5, 5.41) is 1.87. The number of ether oxygens (including phenoxy) is 1. The Kier molecular flexibility index (Phi) is 5.28. The third kappa shape index (κ3) is 3.49. The van der Waals surface area contributed by atoms with E-state index in [0.717, 1.165) is 13.0 Å². The van der Waals surface area contributed by atoms with Gasteiger partial charge in [-0.3, -0.25) is 4.79 Å². The normalized spacial score (nSPS) is 12.2. The Morgan fingerprint density at radius 2 is 2.38 bits per heavy atom. The molecule has 16 heavy (non-hydrogen) atoms. The maximum absolute atomic E-state index is 12.0. The minimum absolute atomic E-state index is 0.0278. The second kappa shape index (κ2) is 6.25. The zero-order valence-corrected chi connectivity index (χ0v) is 12.1. The van der Waals surface area contributed by atoms with E-state index in [9.17, 15) is 4.79 Å². The lowest BCUT2D eigenvalue weighted by Gasteiger charge is -2.17. The van der Waals surface area contributed by atoms with Crippen molar-refractivity contribution in [2.75, 3.05) is 20.7 Å². The summed E-state index contributed by atoms with van der Waals surface area (Å²) in [5.41, 5.74) is 0. The minimum atomic E-state index is 0.0278. The first-order valence-corrected chi connectivity index (χ1v) is 6.86. The molecule has 0 fully saturated rings. The van der Waals surface area contributed by atoms with E-state index < -0.39 is 0 Å². The SMILES string of the molecule is COc1ccsc1C(=O)N(C)CCC(C)Br. The van der Waals surface area contributed by atoms with Crippen LogP contribution in [0.25, 0.3) is 0 Å². The molecular weight excluding hydrogens is 290 g/mol. The molecule has 1 atom stereocenters. The number of hydrogen-bond acceptors (Lipinski definition) is 3. The number of hydrogen-bond donors (Lipinski definition) is 0. The van der Waals surface area contributed by atoms with E-state index in [1.165, 1.54) is 11.3 Å². The Morgan fingerprint density at radius 1 is 1.69 bits per heavy atom. The standard InChI is InChI=1S/C11H16BrNO2S/c1-8(12)4-6-13(2)11(14)10-9(15-3)5-7-16-10/h5,7-8H,4,6H2,1-3H3. The van der Waals surface area contributed by atoms with Gasteiger partial charge in [0.1, 0.15) is 10.6 Å². The minimum Gasteiger partial charge on any atom is -0.495 e. The van der Waals surface area contributed by atoms with Crippen LogP contribution in [-0.2, 0) is 0 Å². The third-order valence-electron chi connectivity index (χ3n) is 2.25.